The van der Waals surface area contributed by atoms with Crippen LogP contribution in [0.2, 0.25) is 0 Å². The normalized spacial score (nSPS) is 15.1. The molecule has 11 heteroatoms. The molecule has 238 valence electrons. The number of benzene rings is 3. The number of carboxylic acid groups (broad SMARTS) is 1. The molecule has 1 aliphatic heterocycles. The minimum atomic E-state index is -0.994. The zero-order chi connectivity index (χ0) is 32.2. The van der Waals surface area contributed by atoms with Crippen molar-refractivity contribution in [1.29, 1.82) is 0 Å². The van der Waals surface area contributed by atoms with Crippen molar-refractivity contribution in [2.24, 2.45) is 0 Å². The lowest BCUT2D eigenvalue weighted by molar-refractivity contribution is -0.0146. The van der Waals surface area contributed by atoms with Gasteiger partial charge < -0.3 is 34.5 Å². The topological polar surface area (TPSA) is 112 Å². The molecule has 0 aliphatic carbocycles. The van der Waals surface area contributed by atoms with E-state index in [-0.39, 0.29) is 11.4 Å². The molecule has 0 bridgehead atoms. The van der Waals surface area contributed by atoms with E-state index in [9.17, 15) is 14.3 Å². The van der Waals surface area contributed by atoms with Gasteiger partial charge >= 0.3 is 5.97 Å². The maximum Gasteiger partial charge on any atom is 0.337 e. The van der Waals surface area contributed by atoms with Crippen molar-refractivity contribution in [2.45, 2.75) is 19.5 Å². The molecular formula is C35H36FN5O5. The third-order valence-electron chi connectivity index (χ3n) is 8.31. The maximum atomic E-state index is 14.4. The summed E-state index contributed by atoms with van der Waals surface area (Å²) < 4.78 is 32.1. The highest BCUT2D eigenvalue weighted by atomic mass is 19.1. The number of carbonyl (C=O) groups is 1. The standard InChI is InChI=1S/C35H36FN5O5/c1-22-27-20-23(25-8-4-6-10-28(25)36)12-14-30(27)46-32(22)33(44-2)38-24-13-15-31(37-21-24)40-16-18-41(19-17-40)35(45-3)39-29-11-7-5-9-26(29)34(42)43/h4-15,20-21,33,35,38-39H,16-19H2,1-3H3,(H,42,43). The number of pyridine rings is 1. The largest absolute Gasteiger partial charge is 0.478 e. The molecule has 3 aromatic carbocycles. The summed E-state index contributed by atoms with van der Waals surface area (Å²) in [5.74, 6) is 0.216. The smallest absolute Gasteiger partial charge is 0.337 e. The van der Waals surface area contributed by atoms with Crippen LogP contribution >= 0.6 is 0 Å². The van der Waals surface area contributed by atoms with Crippen LogP contribution in [0, 0.1) is 12.7 Å². The average molecular weight is 626 g/mol. The van der Waals surface area contributed by atoms with Crippen molar-refractivity contribution in [2.75, 3.05) is 55.9 Å². The van der Waals surface area contributed by atoms with Crippen LogP contribution in [-0.2, 0) is 9.47 Å². The van der Waals surface area contributed by atoms with Crippen LogP contribution < -0.4 is 15.5 Å². The highest BCUT2D eigenvalue weighted by Crippen LogP contribution is 2.35. The number of piperazine rings is 1. The Bertz CT molecular complexity index is 1820. The highest BCUT2D eigenvalue weighted by molar-refractivity contribution is 5.94. The van der Waals surface area contributed by atoms with Crippen molar-refractivity contribution >= 4 is 34.1 Å². The summed E-state index contributed by atoms with van der Waals surface area (Å²) in [5, 5.41) is 17.0. The molecule has 0 saturated carbocycles. The Morgan fingerprint density at radius 1 is 0.957 bits per heavy atom. The van der Waals surface area contributed by atoms with Gasteiger partial charge in [-0.3, -0.25) is 4.90 Å². The van der Waals surface area contributed by atoms with Gasteiger partial charge in [0, 0.05) is 56.9 Å². The van der Waals surface area contributed by atoms with Crippen molar-refractivity contribution in [3.05, 3.63) is 108 Å². The molecule has 1 saturated heterocycles. The van der Waals surface area contributed by atoms with Gasteiger partial charge in [-0.15, -0.1) is 0 Å². The number of ether oxygens (including phenoxy) is 2. The molecule has 1 aliphatic rings. The van der Waals surface area contributed by atoms with Crippen LogP contribution in [0.4, 0.5) is 21.6 Å². The van der Waals surface area contributed by atoms with Crippen LogP contribution in [0.25, 0.3) is 22.1 Å². The number of rotatable bonds is 11. The van der Waals surface area contributed by atoms with Gasteiger partial charge in [-0.2, -0.15) is 0 Å². The maximum absolute atomic E-state index is 14.4. The van der Waals surface area contributed by atoms with Crippen molar-refractivity contribution in [3.8, 4) is 11.1 Å². The van der Waals surface area contributed by atoms with Gasteiger partial charge in [0.15, 0.2) is 18.3 Å². The Hall–Kier alpha value is -4.97. The van der Waals surface area contributed by atoms with Crippen LogP contribution in [0.1, 0.15) is 27.9 Å². The summed E-state index contributed by atoms with van der Waals surface area (Å²) in [6.45, 7) is 4.79. The summed E-state index contributed by atoms with van der Waals surface area (Å²) in [4.78, 5) is 20.6. The molecule has 0 radical (unpaired) electrons. The Morgan fingerprint density at radius 3 is 2.41 bits per heavy atom. The van der Waals surface area contributed by atoms with Gasteiger partial charge in [0.25, 0.3) is 0 Å². The number of nitrogens with zero attached hydrogens (tertiary/aromatic N) is 3. The number of hydrogen-bond donors (Lipinski definition) is 3. The molecule has 0 spiro atoms. The molecule has 6 rings (SSSR count). The number of hydrogen-bond acceptors (Lipinski definition) is 9. The van der Waals surface area contributed by atoms with Crippen LogP contribution in [-0.4, -0.2) is 67.7 Å². The Morgan fingerprint density at radius 2 is 1.72 bits per heavy atom. The average Bonchev–Trinajstić information content (AvgIpc) is 3.42. The molecule has 2 atom stereocenters. The quantitative estimate of drug-likeness (QED) is 0.140. The van der Waals surface area contributed by atoms with Crippen LogP contribution in [0.15, 0.2) is 89.5 Å². The molecule has 46 heavy (non-hydrogen) atoms. The summed E-state index contributed by atoms with van der Waals surface area (Å²) in [7, 11) is 3.21. The Kier molecular flexibility index (Phi) is 9.16. The predicted octanol–water partition coefficient (Wildman–Crippen LogP) is 6.56. The number of aryl methyl sites for hydroxylation is 1. The minimum Gasteiger partial charge on any atom is -0.478 e. The molecular weight excluding hydrogens is 589 g/mol. The van der Waals surface area contributed by atoms with Gasteiger partial charge in [-0.05, 0) is 55.0 Å². The van der Waals surface area contributed by atoms with Crippen molar-refractivity contribution in [1.82, 2.24) is 9.88 Å². The SMILES string of the molecule is COC(Nc1ccc(N2CCN(C(Nc3ccccc3C(=O)O)OC)CC2)nc1)c1oc2ccc(-c3ccccc3F)cc2c1C. The lowest BCUT2D eigenvalue weighted by Crippen LogP contribution is -2.53. The Labute approximate surface area is 266 Å². The van der Waals surface area contributed by atoms with Gasteiger partial charge in [-0.1, -0.05) is 36.4 Å². The van der Waals surface area contributed by atoms with Crippen LogP contribution in [0.5, 0.6) is 0 Å². The van der Waals surface area contributed by atoms with E-state index in [0.29, 0.717) is 35.7 Å². The van der Waals surface area contributed by atoms with E-state index < -0.39 is 18.5 Å². The number of fused-ring (bicyclic) bond motifs is 1. The third kappa shape index (κ3) is 6.38. The van der Waals surface area contributed by atoms with Crippen molar-refractivity contribution < 1.29 is 28.2 Å². The van der Waals surface area contributed by atoms with Gasteiger partial charge in [-0.25, -0.2) is 14.2 Å². The number of furan rings is 1. The highest BCUT2D eigenvalue weighted by Gasteiger charge is 2.26. The summed E-state index contributed by atoms with van der Waals surface area (Å²) >= 11 is 0. The fourth-order valence-corrected chi connectivity index (χ4v) is 5.81. The number of aromatic nitrogens is 1. The van der Waals surface area contributed by atoms with Gasteiger partial charge in [0.1, 0.15) is 17.2 Å². The Balaban J connectivity index is 1.10. The molecule has 10 nitrogen and oxygen atoms in total. The fourth-order valence-electron chi connectivity index (χ4n) is 5.81. The number of aromatic carboxylic acids is 1. The second-order valence-corrected chi connectivity index (χ2v) is 11.1. The summed E-state index contributed by atoms with van der Waals surface area (Å²) in [5.41, 5.74) is 4.39. The first-order valence-corrected chi connectivity index (χ1v) is 15.0. The van der Waals surface area contributed by atoms with Gasteiger partial charge in [0.2, 0.25) is 0 Å². The lowest BCUT2D eigenvalue weighted by atomic mass is 10.0. The second kappa shape index (κ2) is 13.6. The van der Waals surface area contributed by atoms with E-state index in [0.717, 1.165) is 41.1 Å². The summed E-state index contributed by atoms with van der Waals surface area (Å²) in [6, 6.07) is 23.1. The predicted molar refractivity (Wildman–Crippen MR) is 176 cm³/mol. The minimum absolute atomic E-state index is 0.196. The first-order chi connectivity index (χ1) is 22.4. The van der Waals surface area contributed by atoms with E-state index >= 15 is 0 Å². The van der Waals surface area contributed by atoms with E-state index in [2.05, 4.69) is 20.4 Å². The van der Waals surface area contributed by atoms with E-state index in [1.807, 2.05) is 43.3 Å². The number of nitrogens with one attached hydrogen (secondary N) is 2. The third-order valence-corrected chi connectivity index (χ3v) is 8.31. The van der Waals surface area contributed by atoms with Crippen molar-refractivity contribution in [3.63, 3.8) is 0 Å². The number of para-hydroxylation sites is 1. The number of halogens is 1. The second-order valence-electron chi connectivity index (χ2n) is 11.1. The van der Waals surface area contributed by atoms with E-state index in [1.54, 1.807) is 56.8 Å². The van der Waals surface area contributed by atoms with Gasteiger partial charge in [0.05, 0.1) is 23.1 Å². The summed E-state index contributed by atoms with van der Waals surface area (Å²) in [6.07, 6.45) is 0.732. The first kappa shape index (κ1) is 31.0. The monoisotopic (exact) mass is 625 g/mol. The van der Waals surface area contributed by atoms with Crippen LogP contribution in [0.3, 0.4) is 0 Å². The number of methoxy groups -OCH3 is 2. The zero-order valence-electron chi connectivity index (χ0n) is 25.9. The molecule has 3 N–H and O–H groups in total. The fraction of sp³-hybridized carbons (Fsp3) is 0.257. The molecule has 0 amide bonds. The molecule has 2 unspecified atom stereocenters. The van der Waals surface area contributed by atoms with E-state index in [1.165, 1.54) is 6.07 Å². The van der Waals surface area contributed by atoms with E-state index in [4.69, 9.17) is 18.9 Å². The molecule has 5 aromatic rings. The first-order valence-electron chi connectivity index (χ1n) is 15.0. The molecule has 3 heterocycles. The number of anilines is 3. The zero-order valence-corrected chi connectivity index (χ0v) is 25.9. The number of carboxylic acids is 1. The lowest BCUT2D eigenvalue weighted by Gasteiger charge is -2.39. The molecule has 2 aromatic heterocycles. The molecule has 1 fully saturated rings.